The first-order valence-corrected chi connectivity index (χ1v) is 10.2. The van der Waals surface area contributed by atoms with E-state index in [9.17, 15) is 13.2 Å². The predicted octanol–water partition coefficient (Wildman–Crippen LogP) is 2.32. The van der Waals surface area contributed by atoms with E-state index in [1.807, 2.05) is 11.8 Å². The molecule has 1 aromatic heterocycles. The minimum atomic E-state index is -3.63. The molecular formula is C15H22N2O3S2. The number of thiazole rings is 1. The number of amides is 1. The number of aryl methyl sites for hydroxylation is 2. The molecular weight excluding hydrogens is 320 g/mol. The lowest BCUT2D eigenvalue weighted by molar-refractivity contribution is -0.131. The van der Waals surface area contributed by atoms with Gasteiger partial charge in [-0.05, 0) is 52.4 Å². The molecule has 0 spiro atoms. The second kappa shape index (κ2) is 5.60. The highest BCUT2D eigenvalue weighted by Crippen LogP contribution is 2.40. The lowest BCUT2D eigenvalue weighted by Gasteiger charge is -2.29. The van der Waals surface area contributed by atoms with E-state index in [-0.39, 0.29) is 22.3 Å². The quantitative estimate of drug-likeness (QED) is 0.796. The Balaban J connectivity index is 1.76. The molecule has 7 heteroatoms. The van der Waals surface area contributed by atoms with Gasteiger partial charge < -0.3 is 4.90 Å². The lowest BCUT2D eigenvalue weighted by Crippen LogP contribution is -2.44. The molecule has 1 heterocycles. The molecule has 2 saturated carbocycles. The number of rotatable bonds is 6. The van der Waals surface area contributed by atoms with Gasteiger partial charge in [-0.1, -0.05) is 0 Å². The molecule has 0 aromatic carbocycles. The molecule has 0 bridgehead atoms. The summed E-state index contributed by atoms with van der Waals surface area (Å²) in [6.07, 6.45) is 4.29. The van der Waals surface area contributed by atoms with E-state index in [1.165, 1.54) is 0 Å². The van der Waals surface area contributed by atoms with E-state index in [4.69, 9.17) is 0 Å². The van der Waals surface area contributed by atoms with Gasteiger partial charge >= 0.3 is 0 Å². The van der Waals surface area contributed by atoms with Crippen molar-refractivity contribution in [1.29, 1.82) is 0 Å². The molecule has 2 aliphatic rings. The fourth-order valence-corrected chi connectivity index (χ4v) is 5.37. The maximum atomic E-state index is 12.6. The van der Waals surface area contributed by atoms with Crippen LogP contribution < -0.4 is 0 Å². The third-order valence-corrected chi connectivity index (χ3v) is 7.69. The van der Waals surface area contributed by atoms with Crippen molar-refractivity contribution < 1.29 is 13.2 Å². The summed E-state index contributed by atoms with van der Waals surface area (Å²) in [5.74, 6) is -0.156. The van der Waals surface area contributed by atoms with Crippen molar-refractivity contribution in [3.63, 3.8) is 0 Å². The second-order valence-electron chi connectivity index (χ2n) is 6.49. The highest BCUT2D eigenvalue weighted by atomic mass is 32.2. The van der Waals surface area contributed by atoms with Gasteiger partial charge in [-0.2, -0.15) is 0 Å². The van der Waals surface area contributed by atoms with E-state index in [0.717, 1.165) is 47.6 Å². The molecule has 5 nitrogen and oxygen atoms in total. The number of sulfone groups is 1. The molecule has 1 atom stereocenters. The van der Waals surface area contributed by atoms with Gasteiger partial charge in [0.25, 0.3) is 0 Å². The summed E-state index contributed by atoms with van der Waals surface area (Å²) >= 11 is 1.16. The summed E-state index contributed by atoms with van der Waals surface area (Å²) in [5.41, 5.74) is 0.724. The van der Waals surface area contributed by atoms with Crippen molar-refractivity contribution in [1.82, 2.24) is 9.88 Å². The fourth-order valence-electron chi connectivity index (χ4n) is 2.80. The average Bonchev–Trinajstić information content (AvgIpc) is 3.31. The molecule has 1 amide bonds. The minimum absolute atomic E-state index is 0.0747. The first-order valence-electron chi connectivity index (χ1n) is 7.77. The molecule has 22 heavy (non-hydrogen) atoms. The predicted molar refractivity (Wildman–Crippen MR) is 85.7 cm³/mol. The first-order chi connectivity index (χ1) is 10.3. The fraction of sp³-hybridized carbons (Fsp3) is 0.733. The normalized spacial score (nSPS) is 20.0. The van der Waals surface area contributed by atoms with E-state index in [2.05, 4.69) is 11.9 Å². The summed E-state index contributed by atoms with van der Waals surface area (Å²) in [6.45, 7) is 5.69. The van der Waals surface area contributed by atoms with E-state index >= 15 is 0 Å². The Bertz CT molecular complexity index is 668. The zero-order chi connectivity index (χ0) is 16.1. The largest absolute Gasteiger partial charge is 0.336 e. The Morgan fingerprint density at radius 1 is 1.32 bits per heavy atom. The highest BCUT2D eigenvalue weighted by Gasteiger charge is 2.42. The summed E-state index contributed by atoms with van der Waals surface area (Å²) in [6, 6.07) is 0.410. The lowest BCUT2D eigenvalue weighted by atomic mass is 10.2. The Morgan fingerprint density at radius 3 is 2.41 bits per heavy atom. The number of hydrogen-bond donors (Lipinski definition) is 0. The third-order valence-electron chi connectivity index (χ3n) is 4.56. The molecule has 1 aromatic rings. The smallest absolute Gasteiger partial charge is 0.238 e. The maximum Gasteiger partial charge on any atom is 0.238 e. The van der Waals surface area contributed by atoms with Gasteiger partial charge in [0.1, 0.15) is 5.75 Å². The standard InChI is InChI=1S/C15H22N2O3S2/c1-9-11(3)21-15(16-9)22(19,20)8-14(18)17(13-6-7-13)10(2)12-4-5-12/h10,12-13H,4-8H2,1-3H3. The van der Waals surface area contributed by atoms with Gasteiger partial charge in [-0.15, -0.1) is 11.3 Å². The number of nitrogens with zero attached hydrogens (tertiary/aromatic N) is 2. The Morgan fingerprint density at radius 2 is 1.95 bits per heavy atom. The van der Waals surface area contributed by atoms with E-state index < -0.39 is 15.6 Å². The van der Waals surface area contributed by atoms with Crippen molar-refractivity contribution in [2.45, 2.75) is 62.9 Å². The van der Waals surface area contributed by atoms with Crippen LogP contribution in [0.25, 0.3) is 0 Å². The molecule has 0 radical (unpaired) electrons. The van der Waals surface area contributed by atoms with Crippen molar-refractivity contribution in [2.24, 2.45) is 5.92 Å². The van der Waals surface area contributed by atoms with Crippen molar-refractivity contribution in [3.05, 3.63) is 10.6 Å². The second-order valence-corrected chi connectivity index (χ2v) is 9.86. The van der Waals surface area contributed by atoms with Crippen LogP contribution in [0.15, 0.2) is 4.34 Å². The van der Waals surface area contributed by atoms with Crippen LogP contribution in [0, 0.1) is 19.8 Å². The SMILES string of the molecule is Cc1nc(S(=O)(=O)CC(=O)N(C2CC2)C(C)C2CC2)sc1C. The number of carbonyl (C=O) groups is 1. The summed E-state index contributed by atoms with van der Waals surface area (Å²) in [7, 11) is -3.63. The van der Waals surface area contributed by atoms with Crippen molar-refractivity contribution in [2.75, 3.05) is 5.75 Å². The number of aromatic nitrogens is 1. The van der Waals surface area contributed by atoms with Gasteiger partial charge in [0.2, 0.25) is 20.1 Å². The number of hydrogen-bond acceptors (Lipinski definition) is 5. The molecule has 2 aliphatic carbocycles. The van der Waals surface area contributed by atoms with Crippen LogP contribution >= 0.6 is 11.3 Å². The Hall–Kier alpha value is -0.950. The topological polar surface area (TPSA) is 67.3 Å². The Kier molecular flexibility index (Phi) is 4.05. The molecule has 122 valence electrons. The van der Waals surface area contributed by atoms with Gasteiger partial charge in [0, 0.05) is 17.0 Å². The molecule has 2 fully saturated rings. The monoisotopic (exact) mass is 342 g/mol. The third kappa shape index (κ3) is 3.20. The summed E-state index contributed by atoms with van der Waals surface area (Å²) < 4.78 is 25.0. The zero-order valence-corrected chi connectivity index (χ0v) is 14.8. The summed E-state index contributed by atoms with van der Waals surface area (Å²) in [5, 5.41) is 0. The van der Waals surface area contributed by atoms with Crippen LogP contribution in [0.3, 0.4) is 0 Å². The van der Waals surface area contributed by atoms with Crippen molar-refractivity contribution >= 4 is 27.1 Å². The maximum absolute atomic E-state index is 12.6. The highest BCUT2D eigenvalue weighted by molar-refractivity contribution is 7.94. The van der Waals surface area contributed by atoms with E-state index in [1.54, 1.807) is 6.92 Å². The first kappa shape index (κ1) is 15.9. The van der Waals surface area contributed by atoms with Crippen LogP contribution in [0.5, 0.6) is 0 Å². The summed E-state index contributed by atoms with van der Waals surface area (Å²) in [4.78, 5) is 19.4. The molecule has 0 N–H and O–H groups in total. The van der Waals surface area contributed by atoms with Crippen LogP contribution in [0.1, 0.15) is 43.2 Å². The van der Waals surface area contributed by atoms with Gasteiger partial charge in [0.05, 0.1) is 5.69 Å². The van der Waals surface area contributed by atoms with Crippen molar-refractivity contribution in [3.8, 4) is 0 Å². The van der Waals surface area contributed by atoms with Gasteiger partial charge in [-0.25, -0.2) is 13.4 Å². The van der Waals surface area contributed by atoms with Gasteiger partial charge in [0.15, 0.2) is 0 Å². The Labute approximate surface area is 135 Å². The van der Waals surface area contributed by atoms with E-state index in [0.29, 0.717) is 5.92 Å². The van der Waals surface area contributed by atoms with Crippen LogP contribution in [0.4, 0.5) is 0 Å². The molecule has 1 unspecified atom stereocenters. The van der Waals surface area contributed by atoms with Crippen LogP contribution in [0.2, 0.25) is 0 Å². The minimum Gasteiger partial charge on any atom is -0.336 e. The molecule has 0 saturated heterocycles. The number of carbonyl (C=O) groups excluding carboxylic acids is 1. The molecule has 3 rings (SSSR count). The van der Waals surface area contributed by atoms with Gasteiger partial charge in [-0.3, -0.25) is 4.79 Å². The molecule has 0 aliphatic heterocycles. The van der Waals surface area contributed by atoms with Crippen LogP contribution in [-0.2, 0) is 14.6 Å². The zero-order valence-electron chi connectivity index (χ0n) is 13.2. The van der Waals surface area contributed by atoms with Crippen LogP contribution in [-0.4, -0.2) is 42.0 Å². The average molecular weight is 342 g/mol.